The molecule has 1 saturated heterocycles. The molecular formula is C15H12F3NO4. The van der Waals surface area contributed by atoms with Crippen LogP contribution in [-0.2, 0) is 0 Å². The zero-order valence-corrected chi connectivity index (χ0v) is 11.8. The molecule has 1 unspecified atom stereocenters. The summed E-state index contributed by atoms with van der Waals surface area (Å²) in [6.07, 6.45) is -5.46. The number of β-amino-alcohol motifs (C(OH)–C–C–N with tert-alkyl or cyclic N) is 1. The van der Waals surface area contributed by atoms with Gasteiger partial charge < -0.3 is 14.4 Å². The Kier molecular flexibility index (Phi) is 3.44. The van der Waals surface area contributed by atoms with Gasteiger partial charge in [-0.25, -0.2) is 4.79 Å². The van der Waals surface area contributed by atoms with Gasteiger partial charge in [0.2, 0.25) is 0 Å². The number of hydrogen-bond donors (Lipinski definition) is 1. The molecule has 3 rings (SSSR count). The molecule has 1 fully saturated rings. The summed E-state index contributed by atoms with van der Waals surface area (Å²) in [6, 6.07) is 7.77. The van der Waals surface area contributed by atoms with Crippen LogP contribution in [0.15, 0.2) is 39.5 Å². The number of benzene rings is 1. The maximum atomic E-state index is 12.8. The van der Waals surface area contributed by atoms with Crippen LogP contribution in [0, 0.1) is 0 Å². The molecule has 2 aromatic rings. The number of halogens is 3. The van der Waals surface area contributed by atoms with E-state index in [1.807, 2.05) is 0 Å². The average Bonchev–Trinajstić information content (AvgIpc) is 2.89. The van der Waals surface area contributed by atoms with E-state index >= 15 is 0 Å². The van der Waals surface area contributed by atoms with E-state index in [1.54, 1.807) is 24.3 Å². The smallest absolute Gasteiger partial charge is 0.419 e. The average molecular weight is 327 g/mol. The maximum Gasteiger partial charge on any atom is 0.419 e. The molecule has 2 heterocycles. The Morgan fingerprint density at radius 1 is 1.30 bits per heavy atom. The van der Waals surface area contributed by atoms with Gasteiger partial charge in [0.25, 0.3) is 5.91 Å². The highest BCUT2D eigenvalue weighted by Gasteiger charge is 2.57. The van der Waals surface area contributed by atoms with E-state index in [-0.39, 0.29) is 17.7 Å². The van der Waals surface area contributed by atoms with Gasteiger partial charge in [0.1, 0.15) is 11.1 Å². The van der Waals surface area contributed by atoms with Crippen molar-refractivity contribution in [1.82, 2.24) is 4.90 Å². The van der Waals surface area contributed by atoms with Crippen LogP contribution in [0.25, 0.3) is 11.0 Å². The van der Waals surface area contributed by atoms with Crippen molar-refractivity contribution in [1.29, 1.82) is 0 Å². The quantitative estimate of drug-likeness (QED) is 0.813. The maximum absolute atomic E-state index is 12.8. The Balaban J connectivity index is 1.93. The lowest BCUT2D eigenvalue weighted by Gasteiger charge is -2.25. The molecule has 0 saturated carbocycles. The monoisotopic (exact) mass is 327 g/mol. The Bertz CT molecular complexity index is 829. The van der Waals surface area contributed by atoms with Crippen LogP contribution in [0.2, 0.25) is 0 Å². The highest BCUT2D eigenvalue weighted by atomic mass is 19.4. The third kappa shape index (κ3) is 2.59. The lowest BCUT2D eigenvalue weighted by molar-refractivity contribution is -0.253. The second-order valence-corrected chi connectivity index (χ2v) is 5.49. The van der Waals surface area contributed by atoms with Gasteiger partial charge in [-0.15, -0.1) is 0 Å². The van der Waals surface area contributed by atoms with Gasteiger partial charge in [-0.1, -0.05) is 18.2 Å². The van der Waals surface area contributed by atoms with Crippen molar-refractivity contribution in [2.75, 3.05) is 13.1 Å². The van der Waals surface area contributed by atoms with Crippen molar-refractivity contribution < 1.29 is 27.5 Å². The summed E-state index contributed by atoms with van der Waals surface area (Å²) in [6.45, 7) is -1.19. The van der Waals surface area contributed by atoms with Crippen molar-refractivity contribution in [3.63, 3.8) is 0 Å². The first kappa shape index (κ1) is 15.5. The van der Waals surface area contributed by atoms with Gasteiger partial charge in [0.05, 0.1) is 6.54 Å². The number of carbonyl (C=O) groups excluding carboxylic acids is 1. The lowest BCUT2D eigenvalue weighted by Crippen LogP contribution is -2.48. The molecule has 122 valence electrons. The Morgan fingerprint density at radius 3 is 2.65 bits per heavy atom. The molecule has 23 heavy (non-hydrogen) atoms. The van der Waals surface area contributed by atoms with E-state index in [4.69, 9.17) is 4.42 Å². The van der Waals surface area contributed by atoms with Crippen LogP contribution >= 0.6 is 0 Å². The molecule has 1 amide bonds. The summed E-state index contributed by atoms with van der Waals surface area (Å²) < 4.78 is 43.4. The van der Waals surface area contributed by atoms with Crippen LogP contribution in [0.5, 0.6) is 0 Å². The summed E-state index contributed by atoms with van der Waals surface area (Å²) in [7, 11) is 0. The Hall–Kier alpha value is -2.35. The van der Waals surface area contributed by atoms with Gasteiger partial charge in [0.15, 0.2) is 5.60 Å². The van der Waals surface area contributed by atoms with Crippen molar-refractivity contribution in [3.8, 4) is 0 Å². The van der Waals surface area contributed by atoms with E-state index in [0.29, 0.717) is 5.39 Å². The SMILES string of the molecule is O=C(c1cc2ccccc2oc1=O)N1CCC(O)(C(F)(F)F)C1. The second kappa shape index (κ2) is 5.09. The fraction of sp³-hybridized carbons (Fsp3) is 0.333. The minimum absolute atomic E-state index is 0.280. The van der Waals surface area contributed by atoms with E-state index in [2.05, 4.69) is 0 Å². The van der Waals surface area contributed by atoms with Gasteiger partial charge in [-0.3, -0.25) is 4.79 Å². The summed E-state index contributed by atoms with van der Waals surface area (Å²) in [5, 5.41) is 10.1. The number of para-hydroxylation sites is 1. The minimum atomic E-state index is -4.84. The molecule has 0 spiro atoms. The topological polar surface area (TPSA) is 70.8 Å². The van der Waals surface area contributed by atoms with Crippen molar-refractivity contribution >= 4 is 16.9 Å². The molecule has 1 aromatic heterocycles. The highest BCUT2D eigenvalue weighted by molar-refractivity contribution is 5.96. The Labute approximate surface area is 127 Å². The largest absolute Gasteiger partial charge is 0.422 e. The first-order valence-corrected chi connectivity index (χ1v) is 6.82. The van der Waals surface area contributed by atoms with Crippen molar-refractivity contribution in [3.05, 3.63) is 46.3 Å². The molecule has 0 bridgehead atoms. The summed E-state index contributed by atoms with van der Waals surface area (Å²) in [4.78, 5) is 25.0. The molecule has 1 aromatic carbocycles. The summed E-state index contributed by atoms with van der Waals surface area (Å²) >= 11 is 0. The van der Waals surface area contributed by atoms with Crippen LogP contribution < -0.4 is 5.63 Å². The third-order valence-corrected chi connectivity index (χ3v) is 3.93. The molecule has 1 atom stereocenters. The number of amides is 1. The normalized spacial score (nSPS) is 21.8. The number of likely N-dealkylation sites (tertiary alicyclic amines) is 1. The van der Waals surface area contributed by atoms with E-state index in [1.165, 1.54) is 6.07 Å². The predicted molar refractivity (Wildman–Crippen MR) is 74.0 cm³/mol. The Morgan fingerprint density at radius 2 is 2.00 bits per heavy atom. The molecule has 1 aliphatic rings. The van der Waals surface area contributed by atoms with Crippen molar-refractivity contribution in [2.45, 2.75) is 18.2 Å². The van der Waals surface area contributed by atoms with Crippen LogP contribution in [0.1, 0.15) is 16.8 Å². The van der Waals surface area contributed by atoms with Crippen LogP contribution in [0.3, 0.4) is 0 Å². The van der Waals surface area contributed by atoms with Crippen LogP contribution in [0.4, 0.5) is 13.2 Å². The van der Waals surface area contributed by atoms with Crippen LogP contribution in [-0.4, -0.2) is 40.8 Å². The zero-order chi connectivity index (χ0) is 16.8. The molecule has 8 heteroatoms. The fourth-order valence-corrected chi connectivity index (χ4v) is 2.58. The number of aliphatic hydroxyl groups is 1. The summed E-state index contributed by atoms with van der Waals surface area (Å²) in [5.74, 6) is -0.885. The molecule has 0 aliphatic carbocycles. The number of nitrogens with zero attached hydrogens (tertiary/aromatic N) is 1. The number of alkyl halides is 3. The fourth-order valence-electron chi connectivity index (χ4n) is 2.58. The predicted octanol–water partition coefficient (Wildman–Crippen LogP) is 1.93. The third-order valence-electron chi connectivity index (χ3n) is 3.93. The van der Waals surface area contributed by atoms with E-state index in [9.17, 15) is 27.9 Å². The zero-order valence-electron chi connectivity index (χ0n) is 11.8. The first-order chi connectivity index (χ1) is 10.7. The molecular weight excluding hydrogens is 315 g/mol. The van der Waals surface area contributed by atoms with Crippen molar-refractivity contribution in [2.24, 2.45) is 0 Å². The minimum Gasteiger partial charge on any atom is -0.422 e. The van der Waals surface area contributed by atoms with Gasteiger partial charge in [0, 0.05) is 18.4 Å². The molecule has 0 radical (unpaired) electrons. The van der Waals surface area contributed by atoms with Gasteiger partial charge in [-0.05, 0) is 12.1 Å². The second-order valence-electron chi connectivity index (χ2n) is 5.49. The van der Waals surface area contributed by atoms with Gasteiger partial charge in [-0.2, -0.15) is 13.2 Å². The molecule has 1 aliphatic heterocycles. The highest BCUT2D eigenvalue weighted by Crippen LogP contribution is 2.37. The standard InChI is InChI=1S/C15H12F3NO4/c16-15(17,18)14(22)5-6-19(8-14)12(20)10-7-9-3-1-2-4-11(9)23-13(10)21/h1-4,7,22H,5-6,8H2. The van der Waals surface area contributed by atoms with E-state index in [0.717, 1.165) is 4.90 Å². The molecule has 5 nitrogen and oxygen atoms in total. The van der Waals surface area contributed by atoms with Gasteiger partial charge >= 0.3 is 11.8 Å². The van der Waals surface area contributed by atoms with E-state index < -0.39 is 36.3 Å². The number of fused-ring (bicyclic) bond motifs is 1. The molecule has 1 N–H and O–H groups in total. The lowest BCUT2D eigenvalue weighted by atomic mass is 10.0. The number of rotatable bonds is 1. The number of carbonyl (C=O) groups is 1. The number of hydrogen-bond acceptors (Lipinski definition) is 4. The summed E-state index contributed by atoms with van der Waals surface area (Å²) in [5.41, 5.74) is -3.94. The first-order valence-electron chi connectivity index (χ1n) is 6.82.